The summed E-state index contributed by atoms with van der Waals surface area (Å²) >= 11 is 5.94. The number of phosphoric ester groups is 1. The highest BCUT2D eigenvalue weighted by Gasteiger charge is 2.47. The Balaban J connectivity index is 1.63. The molecule has 0 bridgehead atoms. The summed E-state index contributed by atoms with van der Waals surface area (Å²) in [6.07, 6.45) is -6.76. The minimum absolute atomic E-state index is 0.0232. The van der Waals surface area contributed by atoms with Crippen LogP contribution in [-0.2, 0) is 31.6 Å². The number of ether oxygens (including phenoxy) is 1. The predicted molar refractivity (Wildman–Crippen MR) is 129 cm³/mol. The molecule has 9 N–H and O–H groups in total. The molecule has 0 saturated carbocycles. The van der Waals surface area contributed by atoms with E-state index in [2.05, 4.69) is 28.1 Å². The van der Waals surface area contributed by atoms with Gasteiger partial charge in [-0.05, 0) is 24.3 Å². The molecule has 0 aliphatic carbocycles. The molecule has 0 spiro atoms. The lowest BCUT2D eigenvalue weighted by Crippen LogP contribution is -2.33. The van der Waals surface area contributed by atoms with Crippen LogP contribution in [0.25, 0.3) is 22.6 Å². The number of fused-ring (bicyclic) bond motifs is 1. The van der Waals surface area contributed by atoms with E-state index in [1.165, 1.54) is 24.3 Å². The van der Waals surface area contributed by atoms with Gasteiger partial charge >= 0.3 is 23.5 Å². The molecule has 19 nitrogen and oxygen atoms in total. The van der Waals surface area contributed by atoms with Crippen LogP contribution in [0.5, 0.6) is 0 Å². The molecule has 4 rings (SSSR count). The molecular weight excluding hydrogens is 615 g/mol. The van der Waals surface area contributed by atoms with E-state index in [4.69, 9.17) is 31.9 Å². The SMILES string of the molecule is Nc1nc2c(nc(-c3ccc(Cl)cc3)n2[C@@H]2O[C@H](COP(=O)(O)OP(=O)(O)OP(=O)(O)O)[C@@H](O)[C@H]2O)c(=O)[nH]1. The van der Waals surface area contributed by atoms with E-state index < -0.39 is 60.2 Å². The fourth-order valence-electron chi connectivity index (χ4n) is 3.60. The first-order valence-corrected chi connectivity index (χ1v) is 15.2. The van der Waals surface area contributed by atoms with Crippen molar-refractivity contribution in [1.29, 1.82) is 0 Å². The Morgan fingerprint density at radius 1 is 1.03 bits per heavy atom. The molecule has 3 heterocycles. The molecule has 39 heavy (non-hydrogen) atoms. The molecule has 1 saturated heterocycles. The normalized spacial score (nSPS) is 25.0. The van der Waals surface area contributed by atoms with E-state index in [9.17, 15) is 38.5 Å². The van der Waals surface area contributed by atoms with Gasteiger partial charge in [-0.25, -0.2) is 18.7 Å². The number of aliphatic hydroxyl groups excluding tert-OH is 2. The van der Waals surface area contributed by atoms with E-state index in [1.54, 1.807) is 0 Å². The quantitative estimate of drug-likeness (QED) is 0.144. The monoisotopic (exact) mass is 633 g/mol. The zero-order valence-electron chi connectivity index (χ0n) is 18.9. The highest BCUT2D eigenvalue weighted by atomic mass is 35.5. The van der Waals surface area contributed by atoms with Crippen molar-refractivity contribution in [1.82, 2.24) is 19.5 Å². The van der Waals surface area contributed by atoms with Gasteiger partial charge in [-0.3, -0.25) is 18.9 Å². The van der Waals surface area contributed by atoms with Gasteiger partial charge in [-0.2, -0.15) is 13.6 Å². The van der Waals surface area contributed by atoms with Crippen LogP contribution in [0, 0.1) is 0 Å². The van der Waals surface area contributed by atoms with Crippen molar-refractivity contribution in [3.63, 3.8) is 0 Å². The largest absolute Gasteiger partial charge is 0.490 e. The summed E-state index contributed by atoms with van der Waals surface area (Å²) in [5.41, 5.74) is 4.93. The van der Waals surface area contributed by atoms with Crippen LogP contribution in [0.3, 0.4) is 0 Å². The number of imidazole rings is 1. The molecule has 3 aromatic rings. The molecule has 6 atom stereocenters. The number of rotatable bonds is 9. The third-order valence-electron chi connectivity index (χ3n) is 5.08. The summed E-state index contributed by atoms with van der Waals surface area (Å²) in [5, 5.41) is 21.7. The van der Waals surface area contributed by atoms with Crippen LogP contribution in [-0.4, -0.2) is 74.2 Å². The van der Waals surface area contributed by atoms with Crippen molar-refractivity contribution in [2.45, 2.75) is 24.5 Å². The molecule has 2 aromatic heterocycles. The highest BCUT2D eigenvalue weighted by Crippen LogP contribution is 2.66. The second-order valence-electron chi connectivity index (χ2n) is 7.87. The van der Waals surface area contributed by atoms with Crippen molar-refractivity contribution < 1.29 is 61.4 Å². The topological polar surface area (TPSA) is 299 Å². The van der Waals surface area contributed by atoms with Gasteiger partial charge in [0.25, 0.3) is 5.56 Å². The number of halogens is 1. The number of nitrogen functional groups attached to an aromatic ring is 1. The van der Waals surface area contributed by atoms with E-state index in [1.807, 2.05) is 0 Å². The molecule has 1 aromatic carbocycles. The number of aromatic nitrogens is 4. The Morgan fingerprint density at radius 3 is 2.28 bits per heavy atom. The van der Waals surface area contributed by atoms with Crippen molar-refractivity contribution in [2.24, 2.45) is 0 Å². The summed E-state index contributed by atoms with van der Waals surface area (Å²) in [6, 6.07) is 6.09. The number of aromatic amines is 1. The highest BCUT2D eigenvalue weighted by molar-refractivity contribution is 7.66. The van der Waals surface area contributed by atoms with Crippen LogP contribution >= 0.6 is 35.1 Å². The first kappa shape index (κ1) is 29.9. The molecule has 2 unspecified atom stereocenters. The van der Waals surface area contributed by atoms with E-state index >= 15 is 0 Å². The van der Waals surface area contributed by atoms with Crippen molar-refractivity contribution in [3.8, 4) is 11.4 Å². The Labute approximate surface area is 221 Å². The first-order chi connectivity index (χ1) is 18.0. The summed E-state index contributed by atoms with van der Waals surface area (Å²) < 4.78 is 52.8. The lowest BCUT2D eigenvalue weighted by Gasteiger charge is -2.20. The lowest BCUT2D eigenvalue weighted by molar-refractivity contribution is -0.0495. The zero-order valence-corrected chi connectivity index (χ0v) is 22.4. The number of nitrogens with one attached hydrogen (secondary N) is 1. The molecule has 1 fully saturated rings. The zero-order chi connectivity index (χ0) is 28.9. The number of hydrogen-bond acceptors (Lipinski definition) is 13. The first-order valence-electron chi connectivity index (χ1n) is 10.3. The minimum Gasteiger partial charge on any atom is -0.387 e. The van der Waals surface area contributed by atoms with Gasteiger partial charge < -0.3 is 40.3 Å². The molecule has 214 valence electrons. The number of aliphatic hydroxyl groups is 2. The second kappa shape index (κ2) is 10.7. The van der Waals surface area contributed by atoms with Gasteiger partial charge in [0, 0.05) is 10.6 Å². The third kappa shape index (κ3) is 6.82. The van der Waals surface area contributed by atoms with Gasteiger partial charge in [0.1, 0.15) is 24.1 Å². The Bertz CT molecular complexity index is 1590. The summed E-state index contributed by atoms with van der Waals surface area (Å²) in [4.78, 5) is 59.2. The maximum atomic E-state index is 12.5. The molecule has 0 amide bonds. The number of hydrogen-bond donors (Lipinski definition) is 8. The third-order valence-corrected chi connectivity index (χ3v) is 9.14. The van der Waals surface area contributed by atoms with Crippen molar-refractivity contribution in [2.75, 3.05) is 12.3 Å². The van der Waals surface area contributed by atoms with Gasteiger partial charge in [0.05, 0.1) is 6.61 Å². The van der Waals surface area contributed by atoms with Crippen LogP contribution < -0.4 is 11.3 Å². The maximum Gasteiger partial charge on any atom is 0.490 e. The fraction of sp³-hybridized carbons (Fsp3) is 0.312. The molecule has 1 aliphatic rings. The Morgan fingerprint density at radius 2 is 1.67 bits per heavy atom. The number of H-pyrrole nitrogens is 1. The average Bonchev–Trinajstić information content (AvgIpc) is 3.28. The van der Waals surface area contributed by atoms with Crippen LogP contribution in [0.4, 0.5) is 5.95 Å². The van der Waals surface area contributed by atoms with Crippen LogP contribution in [0.2, 0.25) is 5.02 Å². The second-order valence-corrected chi connectivity index (χ2v) is 12.7. The van der Waals surface area contributed by atoms with E-state index in [0.717, 1.165) is 4.57 Å². The van der Waals surface area contributed by atoms with Crippen molar-refractivity contribution in [3.05, 3.63) is 39.6 Å². The summed E-state index contributed by atoms with van der Waals surface area (Å²) in [7, 11) is -16.9. The smallest absolute Gasteiger partial charge is 0.387 e. The number of benzene rings is 1. The number of nitrogens with two attached hydrogens (primary N) is 1. The number of phosphoric acid groups is 3. The van der Waals surface area contributed by atoms with Crippen LogP contribution in [0.1, 0.15) is 6.23 Å². The van der Waals surface area contributed by atoms with Gasteiger partial charge in [0.2, 0.25) is 5.95 Å². The van der Waals surface area contributed by atoms with Crippen molar-refractivity contribution >= 4 is 52.2 Å². The standard InChI is InChI=1S/C16H19ClN5O14P3/c17-7-3-1-6(2-4-7)12-19-9-13(20-16(18)21-14(9)25)22(12)15-11(24)10(23)8(34-15)5-33-38(29,30)36-39(31,32)35-37(26,27)28/h1-4,8,10-11,15,23-24H,5H2,(H,29,30)(H,31,32)(H2,26,27,28)(H3,18,20,21,25)/t8-,10-,11-,15-/m1/s1. The molecule has 23 heteroatoms. The Hall–Kier alpha value is -2.05. The molecule has 1 aliphatic heterocycles. The molecular formula is C16H19ClN5O14P3. The minimum atomic E-state index is -5.79. The number of nitrogens with zero attached hydrogens (tertiary/aromatic N) is 3. The predicted octanol–water partition coefficient (Wildman–Crippen LogP) is -0.0153. The maximum absolute atomic E-state index is 12.5. The molecule has 0 radical (unpaired) electrons. The van der Waals surface area contributed by atoms with Crippen LogP contribution in [0.15, 0.2) is 29.1 Å². The summed E-state index contributed by atoms with van der Waals surface area (Å²) in [6.45, 7) is -1.06. The fourth-order valence-corrected chi connectivity index (χ4v) is 6.75. The van der Waals surface area contributed by atoms with Gasteiger partial charge in [-0.15, -0.1) is 0 Å². The average molecular weight is 634 g/mol. The summed E-state index contributed by atoms with van der Waals surface area (Å²) in [5.74, 6) is -0.288. The lowest BCUT2D eigenvalue weighted by atomic mass is 10.1. The number of anilines is 1. The Kier molecular flexibility index (Phi) is 8.24. The van der Waals surface area contributed by atoms with E-state index in [0.29, 0.717) is 10.6 Å². The van der Waals surface area contributed by atoms with Gasteiger partial charge in [-0.1, -0.05) is 11.6 Å². The van der Waals surface area contributed by atoms with E-state index in [-0.39, 0.29) is 22.9 Å². The van der Waals surface area contributed by atoms with Gasteiger partial charge in [0.15, 0.2) is 17.4 Å².